The zero-order valence-electron chi connectivity index (χ0n) is 26.0. The quantitative estimate of drug-likeness (QED) is 0.185. The SMILES string of the molecule is c1ccc(-c2oc3cc4c(cc3c2-c2ccccc2)oc2ccc(-c3c5ccccc5c(-c5ccccc5)c5ccccc35)cc24)cc1. The first-order chi connectivity index (χ1) is 23.8. The fourth-order valence-corrected chi connectivity index (χ4v) is 7.56. The zero-order chi connectivity index (χ0) is 31.6. The van der Waals surface area contributed by atoms with Crippen LogP contribution in [0.25, 0.3) is 99.2 Å². The van der Waals surface area contributed by atoms with Gasteiger partial charge in [-0.25, -0.2) is 0 Å². The van der Waals surface area contributed by atoms with Gasteiger partial charge in [0, 0.05) is 27.3 Å². The Hall–Kier alpha value is -6.38. The molecule has 0 N–H and O–H groups in total. The summed E-state index contributed by atoms with van der Waals surface area (Å²) < 4.78 is 13.3. The second-order valence-electron chi connectivity index (χ2n) is 12.4. The molecule has 2 nitrogen and oxygen atoms in total. The van der Waals surface area contributed by atoms with Crippen LogP contribution in [0.1, 0.15) is 0 Å². The van der Waals surface area contributed by atoms with Gasteiger partial charge in [-0.05, 0) is 73.6 Å². The van der Waals surface area contributed by atoms with E-state index in [0.29, 0.717) is 0 Å². The highest BCUT2D eigenvalue weighted by molar-refractivity contribution is 6.22. The van der Waals surface area contributed by atoms with E-state index in [2.05, 4.69) is 158 Å². The number of hydrogen-bond donors (Lipinski definition) is 0. The Morgan fingerprint density at radius 3 is 1.27 bits per heavy atom. The molecule has 0 saturated heterocycles. The molecule has 10 rings (SSSR count). The van der Waals surface area contributed by atoms with Gasteiger partial charge in [-0.3, -0.25) is 0 Å². The molecule has 2 heteroatoms. The fraction of sp³-hybridized carbons (Fsp3) is 0. The molecule has 2 aromatic heterocycles. The normalized spacial score (nSPS) is 11.8. The van der Waals surface area contributed by atoms with E-state index in [4.69, 9.17) is 8.83 Å². The van der Waals surface area contributed by atoms with Gasteiger partial charge in [-0.2, -0.15) is 0 Å². The predicted octanol–water partition coefficient (Wildman–Crippen LogP) is 13.3. The number of hydrogen-bond acceptors (Lipinski definition) is 2. The summed E-state index contributed by atoms with van der Waals surface area (Å²) >= 11 is 0. The first-order valence-corrected chi connectivity index (χ1v) is 16.3. The second kappa shape index (κ2) is 10.6. The lowest BCUT2D eigenvalue weighted by Gasteiger charge is -2.17. The standard InChI is InChI=1S/C46H28O2/c1-4-14-29(15-5-1)43-33-20-10-12-22-35(33)44(36-23-13-11-21-34(36)43)32-24-25-40-37(26-32)38-27-42-39(28-41(38)47-40)45(30-16-6-2-7-17-30)46(48-42)31-18-8-3-9-19-31/h1-28H. The maximum atomic E-state index is 6.71. The van der Waals surface area contributed by atoms with E-state index in [1.54, 1.807) is 0 Å². The van der Waals surface area contributed by atoms with Crippen molar-refractivity contribution in [2.75, 3.05) is 0 Å². The Bertz CT molecular complexity index is 2750. The smallest absolute Gasteiger partial charge is 0.143 e. The van der Waals surface area contributed by atoms with E-state index in [-0.39, 0.29) is 0 Å². The lowest BCUT2D eigenvalue weighted by molar-refractivity contribution is 0.632. The lowest BCUT2D eigenvalue weighted by atomic mass is 9.86. The highest BCUT2D eigenvalue weighted by Crippen LogP contribution is 2.46. The van der Waals surface area contributed by atoms with Crippen molar-refractivity contribution in [1.29, 1.82) is 0 Å². The topological polar surface area (TPSA) is 26.3 Å². The Labute approximate surface area is 277 Å². The molecular weight excluding hydrogens is 585 g/mol. The molecule has 2 heterocycles. The molecular formula is C46H28O2. The van der Waals surface area contributed by atoms with Crippen molar-refractivity contribution in [3.63, 3.8) is 0 Å². The molecule has 0 atom stereocenters. The van der Waals surface area contributed by atoms with Gasteiger partial charge in [0.2, 0.25) is 0 Å². The summed E-state index contributed by atoms with van der Waals surface area (Å²) in [5.74, 6) is 0.867. The molecule has 0 aliphatic carbocycles. The summed E-state index contributed by atoms with van der Waals surface area (Å²) in [6, 6.07) is 60.1. The molecule has 224 valence electrons. The molecule has 0 spiro atoms. The van der Waals surface area contributed by atoms with E-state index in [9.17, 15) is 0 Å². The highest BCUT2D eigenvalue weighted by Gasteiger charge is 2.21. The minimum atomic E-state index is 0.844. The van der Waals surface area contributed by atoms with Crippen LogP contribution in [0, 0.1) is 0 Å². The van der Waals surface area contributed by atoms with Crippen molar-refractivity contribution in [2.24, 2.45) is 0 Å². The monoisotopic (exact) mass is 612 g/mol. The Balaban J connectivity index is 1.24. The van der Waals surface area contributed by atoms with E-state index in [0.717, 1.165) is 60.9 Å². The molecule has 48 heavy (non-hydrogen) atoms. The van der Waals surface area contributed by atoms with Crippen LogP contribution in [0.3, 0.4) is 0 Å². The number of rotatable bonds is 4. The lowest BCUT2D eigenvalue weighted by Crippen LogP contribution is -1.90. The van der Waals surface area contributed by atoms with Crippen molar-refractivity contribution < 1.29 is 8.83 Å². The van der Waals surface area contributed by atoms with E-state index in [1.165, 1.54) is 38.2 Å². The van der Waals surface area contributed by atoms with Crippen molar-refractivity contribution in [2.45, 2.75) is 0 Å². The third-order valence-electron chi connectivity index (χ3n) is 9.66. The maximum absolute atomic E-state index is 6.71. The van der Waals surface area contributed by atoms with Crippen molar-refractivity contribution in [3.05, 3.63) is 170 Å². The summed E-state index contributed by atoms with van der Waals surface area (Å²) in [7, 11) is 0. The molecule has 0 amide bonds. The molecule has 8 aromatic carbocycles. The van der Waals surface area contributed by atoms with E-state index in [1.807, 2.05) is 12.1 Å². The number of furan rings is 2. The Morgan fingerprint density at radius 2 is 0.688 bits per heavy atom. The van der Waals surface area contributed by atoms with Crippen LogP contribution < -0.4 is 0 Å². The molecule has 0 fully saturated rings. The Morgan fingerprint density at radius 1 is 0.250 bits per heavy atom. The van der Waals surface area contributed by atoms with Crippen LogP contribution >= 0.6 is 0 Å². The summed E-state index contributed by atoms with van der Waals surface area (Å²) in [5.41, 5.74) is 10.7. The van der Waals surface area contributed by atoms with Crippen LogP contribution in [0.4, 0.5) is 0 Å². The summed E-state index contributed by atoms with van der Waals surface area (Å²) in [4.78, 5) is 0. The molecule has 0 aliphatic heterocycles. The van der Waals surface area contributed by atoms with Gasteiger partial charge < -0.3 is 8.83 Å². The van der Waals surface area contributed by atoms with Crippen LogP contribution in [-0.4, -0.2) is 0 Å². The minimum Gasteiger partial charge on any atom is -0.456 e. The van der Waals surface area contributed by atoms with Gasteiger partial charge in [-0.15, -0.1) is 0 Å². The molecule has 0 bridgehead atoms. The summed E-state index contributed by atoms with van der Waals surface area (Å²) in [6.07, 6.45) is 0. The van der Waals surface area contributed by atoms with Crippen LogP contribution in [-0.2, 0) is 0 Å². The number of fused-ring (bicyclic) bond motifs is 6. The third-order valence-corrected chi connectivity index (χ3v) is 9.66. The van der Waals surface area contributed by atoms with Gasteiger partial charge >= 0.3 is 0 Å². The largest absolute Gasteiger partial charge is 0.456 e. The van der Waals surface area contributed by atoms with Gasteiger partial charge in [0.1, 0.15) is 22.5 Å². The third kappa shape index (κ3) is 4.06. The maximum Gasteiger partial charge on any atom is 0.143 e. The first-order valence-electron chi connectivity index (χ1n) is 16.3. The molecule has 0 aliphatic rings. The van der Waals surface area contributed by atoms with E-state index < -0.39 is 0 Å². The van der Waals surface area contributed by atoms with E-state index >= 15 is 0 Å². The molecule has 10 aromatic rings. The van der Waals surface area contributed by atoms with Gasteiger partial charge in [0.05, 0.1) is 0 Å². The zero-order valence-corrected chi connectivity index (χ0v) is 26.0. The number of benzene rings is 8. The first kappa shape index (κ1) is 26.8. The minimum absolute atomic E-state index is 0.844. The van der Waals surface area contributed by atoms with Crippen molar-refractivity contribution in [3.8, 4) is 44.7 Å². The average molecular weight is 613 g/mol. The van der Waals surface area contributed by atoms with Crippen LogP contribution in [0.5, 0.6) is 0 Å². The molecule has 0 unspecified atom stereocenters. The highest BCUT2D eigenvalue weighted by atomic mass is 16.3. The predicted molar refractivity (Wildman–Crippen MR) is 200 cm³/mol. The van der Waals surface area contributed by atoms with Gasteiger partial charge in [-0.1, -0.05) is 146 Å². The summed E-state index contributed by atoms with van der Waals surface area (Å²) in [6.45, 7) is 0. The van der Waals surface area contributed by atoms with Crippen molar-refractivity contribution >= 4 is 54.5 Å². The van der Waals surface area contributed by atoms with Crippen LogP contribution in [0.2, 0.25) is 0 Å². The van der Waals surface area contributed by atoms with Gasteiger partial charge in [0.25, 0.3) is 0 Å². The molecule has 0 saturated carbocycles. The molecule has 0 radical (unpaired) electrons. The Kier molecular flexibility index (Phi) is 5.91. The van der Waals surface area contributed by atoms with Gasteiger partial charge in [0.15, 0.2) is 0 Å². The summed E-state index contributed by atoms with van der Waals surface area (Å²) in [5, 5.41) is 8.11. The van der Waals surface area contributed by atoms with Crippen LogP contribution in [0.15, 0.2) is 179 Å². The van der Waals surface area contributed by atoms with Crippen molar-refractivity contribution in [1.82, 2.24) is 0 Å². The fourth-order valence-electron chi connectivity index (χ4n) is 7.56. The second-order valence-corrected chi connectivity index (χ2v) is 12.4. The average Bonchev–Trinajstić information content (AvgIpc) is 3.71.